The van der Waals surface area contributed by atoms with Crippen LogP contribution in [0.15, 0.2) is 81.0 Å². The number of para-hydroxylation sites is 2. The lowest BCUT2D eigenvalue weighted by atomic mass is 9.99. The van der Waals surface area contributed by atoms with Crippen molar-refractivity contribution < 1.29 is 33.0 Å². The van der Waals surface area contributed by atoms with E-state index in [-0.39, 0.29) is 17.1 Å². The van der Waals surface area contributed by atoms with Gasteiger partial charge in [-0.1, -0.05) is 23.7 Å². The molecule has 2 aromatic carbocycles. The van der Waals surface area contributed by atoms with E-state index in [1.54, 1.807) is 48.5 Å². The van der Waals surface area contributed by atoms with E-state index in [0.29, 0.717) is 33.2 Å². The van der Waals surface area contributed by atoms with Crippen LogP contribution < -0.4 is 14.4 Å². The Kier molecular flexibility index (Phi) is 5.30. The first-order valence-electron chi connectivity index (χ1n) is 10.2. The van der Waals surface area contributed by atoms with Crippen molar-refractivity contribution in [3.05, 3.63) is 88.7 Å². The van der Waals surface area contributed by atoms with Gasteiger partial charge in [0, 0.05) is 16.5 Å². The van der Waals surface area contributed by atoms with E-state index in [1.807, 2.05) is 0 Å². The van der Waals surface area contributed by atoms with Crippen LogP contribution >= 0.6 is 11.6 Å². The standard InChI is InChI=1S/C25H18ClNO7/c1-31-16-7-4-3-6-15(16)27-21(17-8-5-9-33-17)20(23(29)25(27)30)22(28)18-11-13-10-14(26)12-19(32-2)24(13)34-18/h3-12,21,29H,1-2H3. The Labute approximate surface area is 198 Å². The van der Waals surface area contributed by atoms with E-state index in [9.17, 15) is 14.7 Å². The molecule has 1 atom stereocenters. The molecule has 172 valence electrons. The average Bonchev–Trinajstić information content (AvgIpc) is 3.57. The molecule has 0 saturated heterocycles. The highest BCUT2D eigenvalue weighted by Crippen LogP contribution is 2.45. The Hall–Kier alpha value is -4.17. The second kappa shape index (κ2) is 8.31. The van der Waals surface area contributed by atoms with Crippen LogP contribution in [-0.4, -0.2) is 31.0 Å². The van der Waals surface area contributed by atoms with Crippen LogP contribution in [0, 0.1) is 0 Å². The number of nitrogens with zero attached hydrogens (tertiary/aromatic N) is 1. The molecule has 1 aliphatic heterocycles. The third kappa shape index (κ3) is 3.31. The number of rotatable bonds is 6. The lowest BCUT2D eigenvalue weighted by Gasteiger charge is -2.26. The maximum absolute atomic E-state index is 13.7. The molecule has 1 unspecified atom stereocenters. The van der Waals surface area contributed by atoms with Crippen molar-refractivity contribution >= 4 is 39.9 Å². The molecule has 0 aliphatic carbocycles. The number of carbonyl (C=O) groups excluding carboxylic acids is 2. The largest absolute Gasteiger partial charge is 0.503 e. The van der Waals surface area contributed by atoms with Gasteiger partial charge in [-0.15, -0.1) is 0 Å². The summed E-state index contributed by atoms with van der Waals surface area (Å²) in [5, 5.41) is 11.8. The van der Waals surface area contributed by atoms with Gasteiger partial charge >= 0.3 is 0 Å². The predicted molar refractivity (Wildman–Crippen MR) is 124 cm³/mol. The normalized spacial score (nSPS) is 15.9. The van der Waals surface area contributed by atoms with Gasteiger partial charge in [-0.3, -0.25) is 14.5 Å². The van der Waals surface area contributed by atoms with Crippen LogP contribution in [0.1, 0.15) is 22.4 Å². The molecule has 3 heterocycles. The first-order valence-corrected chi connectivity index (χ1v) is 10.6. The first-order chi connectivity index (χ1) is 16.4. The van der Waals surface area contributed by atoms with Crippen molar-refractivity contribution in [1.29, 1.82) is 0 Å². The molecular formula is C25H18ClNO7. The number of anilines is 1. The zero-order valence-corrected chi connectivity index (χ0v) is 18.8. The Morgan fingerprint density at radius 3 is 2.53 bits per heavy atom. The number of benzene rings is 2. The lowest BCUT2D eigenvalue weighted by molar-refractivity contribution is -0.117. The van der Waals surface area contributed by atoms with Crippen molar-refractivity contribution in [1.82, 2.24) is 0 Å². The highest BCUT2D eigenvalue weighted by molar-refractivity contribution is 6.31. The zero-order valence-electron chi connectivity index (χ0n) is 18.1. The smallest absolute Gasteiger partial charge is 0.294 e. The Bertz CT molecular complexity index is 1450. The number of methoxy groups -OCH3 is 2. The predicted octanol–water partition coefficient (Wildman–Crippen LogP) is 5.48. The number of hydrogen-bond donors (Lipinski definition) is 1. The van der Waals surface area contributed by atoms with Crippen molar-refractivity contribution in [3.63, 3.8) is 0 Å². The molecule has 9 heteroatoms. The van der Waals surface area contributed by atoms with Crippen molar-refractivity contribution in [3.8, 4) is 11.5 Å². The Morgan fingerprint density at radius 1 is 1.06 bits per heavy atom. The molecule has 1 amide bonds. The maximum Gasteiger partial charge on any atom is 0.294 e. The van der Waals surface area contributed by atoms with E-state index in [1.165, 1.54) is 31.4 Å². The van der Waals surface area contributed by atoms with Crippen molar-refractivity contribution in [2.75, 3.05) is 19.1 Å². The number of furan rings is 2. The van der Waals surface area contributed by atoms with Crippen molar-refractivity contribution in [2.24, 2.45) is 0 Å². The summed E-state index contributed by atoms with van der Waals surface area (Å²) in [6.45, 7) is 0. The molecule has 2 aromatic heterocycles. The maximum atomic E-state index is 13.7. The van der Waals surface area contributed by atoms with Crippen LogP contribution in [0.2, 0.25) is 5.02 Å². The van der Waals surface area contributed by atoms with Gasteiger partial charge in [-0.05, 0) is 36.4 Å². The molecule has 8 nitrogen and oxygen atoms in total. The van der Waals surface area contributed by atoms with Crippen LogP contribution in [0.25, 0.3) is 11.0 Å². The molecule has 1 N–H and O–H groups in total. The highest BCUT2D eigenvalue weighted by Gasteiger charge is 2.47. The number of ketones is 1. The monoisotopic (exact) mass is 479 g/mol. The van der Waals surface area contributed by atoms with E-state index < -0.39 is 23.5 Å². The fourth-order valence-electron chi connectivity index (χ4n) is 4.11. The second-order valence-corrected chi connectivity index (χ2v) is 7.93. The number of Topliss-reactive ketones (excluding diaryl/α,β-unsaturated/α-hetero) is 1. The van der Waals surface area contributed by atoms with E-state index in [2.05, 4.69) is 0 Å². The number of fused-ring (bicyclic) bond motifs is 1. The number of aliphatic hydroxyl groups is 1. The minimum atomic E-state index is -1.05. The van der Waals surface area contributed by atoms with Gasteiger partial charge in [0.15, 0.2) is 22.9 Å². The fraction of sp³-hybridized carbons (Fsp3) is 0.120. The highest BCUT2D eigenvalue weighted by atomic mass is 35.5. The van der Waals surface area contributed by atoms with Crippen LogP contribution in [0.3, 0.4) is 0 Å². The third-order valence-electron chi connectivity index (χ3n) is 5.60. The SMILES string of the molecule is COc1ccccc1N1C(=O)C(O)=C(C(=O)c2cc3cc(Cl)cc(OC)c3o2)C1c1ccco1. The lowest BCUT2D eigenvalue weighted by Crippen LogP contribution is -2.31. The molecule has 0 fully saturated rings. The summed E-state index contributed by atoms with van der Waals surface area (Å²) in [6, 6.07) is 13.7. The number of aliphatic hydroxyl groups excluding tert-OH is 1. The summed E-state index contributed by atoms with van der Waals surface area (Å²) in [5.74, 6) is -1.24. The number of amides is 1. The summed E-state index contributed by atoms with van der Waals surface area (Å²) < 4.78 is 22.1. The van der Waals surface area contributed by atoms with Gasteiger partial charge in [0.25, 0.3) is 5.91 Å². The quantitative estimate of drug-likeness (QED) is 0.365. The molecule has 34 heavy (non-hydrogen) atoms. The number of carbonyl (C=O) groups is 2. The van der Waals surface area contributed by atoms with E-state index in [0.717, 1.165) is 0 Å². The molecule has 0 saturated carbocycles. The van der Waals surface area contributed by atoms with Gasteiger partial charge in [-0.25, -0.2) is 0 Å². The summed E-state index contributed by atoms with van der Waals surface area (Å²) in [4.78, 5) is 28.2. The number of halogens is 1. The van der Waals surface area contributed by atoms with Crippen LogP contribution in [0.5, 0.6) is 11.5 Å². The summed E-state index contributed by atoms with van der Waals surface area (Å²) in [7, 11) is 2.92. The van der Waals surface area contributed by atoms with E-state index in [4.69, 9.17) is 29.9 Å². The summed E-state index contributed by atoms with van der Waals surface area (Å²) >= 11 is 6.14. The minimum Gasteiger partial charge on any atom is -0.503 e. The second-order valence-electron chi connectivity index (χ2n) is 7.49. The van der Waals surface area contributed by atoms with Gasteiger partial charge in [0.05, 0.1) is 31.7 Å². The average molecular weight is 480 g/mol. The third-order valence-corrected chi connectivity index (χ3v) is 5.82. The molecule has 4 aromatic rings. The van der Waals surface area contributed by atoms with Gasteiger partial charge in [0.2, 0.25) is 5.78 Å². The Morgan fingerprint density at radius 2 is 1.82 bits per heavy atom. The van der Waals surface area contributed by atoms with Gasteiger partial charge < -0.3 is 23.4 Å². The number of hydrogen-bond acceptors (Lipinski definition) is 7. The van der Waals surface area contributed by atoms with Gasteiger partial charge in [-0.2, -0.15) is 0 Å². The molecule has 1 aliphatic rings. The van der Waals surface area contributed by atoms with Crippen molar-refractivity contribution in [2.45, 2.75) is 6.04 Å². The van der Waals surface area contributed by atoms with Crippen LogP contribution in [0.4, 0.5) is 5.69 Å². The zero-order chi connectivity index (χ0) is 24.0. The summed E-state index contributed by atoms with van der Waals surface area (Å²) in [6.07, 6.45) is 1.42. The molecule has 0 bridgehead atoms. The molecule has 0 radical (unpaired) electrons. The summed E-state index contributed by atoms with van der Waals surface area (Å²) in [5.41, 5.74) is 0.495. The number of ether oxygens (including phenoxy) is 2. The minimum absolute atomic E-state index is 0.0941. The molecule has 0 spiro atoms. The first kappa shape index (κ1) is 21.7. The molecule has 5 rings (SSSR count). The topological polar surface area (TPSA) is 102 Å². The molecular weight excluding hydrogens is 462 g/mol. The van der Waals surface area contributed by atoms with Gasteiger partial charge in [0.1, 0.15) is 17.6 Å². The van der Waals surface area contributed by atoms with E-state index >= 15 is 0 Å². The van der Waals surface area contributed by atoms with Crippen LogP contribution in [-0.2, 0) is 4.79 Å². The fourth-order valence-corrected chi connectivity index (χ4v) is 4.33. The Balaban J connectivity index is 1.66.